The second-order valence-corrected chi connectivity index (χ2v) is 4.69. The Labute approximate surface area is 114 Å². The van der Waals surface area contributed by atoms with Gasteiger partial charge in [0, 0.05) is 12.2 Å². The number of aryl methyl sites for hydroxylation is 2. The Morgan fingerprint density at radius 2 is 1.95 bits per heavy atom. The Hall–Kier alpha value is -1.58. The molecule has 0 fully saturated rings. The predicted octanol–water partition coefficient (Wildman–Crippen LogP) is 2.42. The number of unbranched alkanes of at least 4 members (excludes halogenated alkanes) is 2. The molecule has 0 bridgehead atoms. The van der Waals surface area contributed by atoms with E-state index in [-0.39, 0.29) is 17.0 Å². The average molecular weight is 264 g/mol. The largest absolute Gasteiger partial charge is 0.352 e. The van der Waals surface area contributed by atoms with Crippen molar-refractivity contribution in [3.63, 3.8) is 0 Å². The molecule has 0 radical (unpaired) electrons. The summed E-state index contributed by atoms with van der Waals surface area (Å²) >= 11 is 0. The summed E-state index contributed by atoms with van der Waals surface area (Å²) in [6.45, 7) is 6.76. The number of rotatable bonds is 7. The minimum Gasteiger partial charge on any atom is -0.352 e. The van der Waals surface area contributed by atoms with Crippen molar-refractivity contribution in [2.24, 2.45) is 0 Å². The van der Waals surface area contributed by atoms with Crippen LogP contribution in [0.2, 0.25) is 0 Å². The molecule has 4 heteroatoms. The molecule has 0 aliphatic heterocycles. The topological polar surface area (TPSA) is 62.0 Å². The number of carbonyl (C=O) groups is 1. The average Bonchev–Trinajstić information content (AvgIpc) is 2.42. The van der Waals surface area contributed by atoms with Crippen molar-refractivity contribution in [1.29, 1.82) is 0 Å². The van der Waals surface area contributed by atoms with Crippen molar-refractivity contribution in [3.8, 4) is 0 Å². The normalized spacial score (nSPS) is 10.5. The minimum atomic E-state index is -0.290. The van der Waals surface area contributed by atoms with Gasteiger partial charge in [0.25, 0.3) is 11.5 Å². The smallest absolute Gasteiger partial charge is 0.261 e. The standard InChI is InChI=1S/C15H24N2O2/c1-4-7-8-9-16-14(18)12-10-11(5-2)13(6-3)17-15(12)19/h10H,4-9H2,1-3H3,(H,16,18)(H,17,19). The van der Waals surface area contributed by atoms with Gasteiger partial charge in [0.05, 0.1) is 0 Å². The van der Waals surface area contributed by atoms with Gasteiger partial charge in [-0.25, -0.2) is 0 Å². The van der Waals surface area contributed by atoms with E-state index < -0.39 is 0 Å². The molecule has 1 aromatic heterocycles. The highest BCUT2D eigenvalue weighted by molar-refractivity contribution is 5.94. The van der Waals surface area contributed by atoms with E-state index in [4.69, 9.17) is 0 Å². The third-order valence-electron chi connectivity index (χ3n) is 3.26. The number of H-pyrrole nitrogens is 1. The Morgan fingerprint density at radius 3 is 2.53 bits per heavy atom. The molecule has 0 aromatic carbocycles. The number of hydrogen-bond donors (Lipinski definition) is 2. The fourth-order valence-corrected chi connectivity index (χ4v) is 2.08. The molecule has 106 valence electrons. The van der Waals surface area contributed by atoms with E-state index in [1.165, 1.54) is 0 Å². The van der Waals surface area contributed by atoms with E-state index in [2.05, 4.69) is 17.2 Å². The second kappa shape index (κ2) is 7.77. The van der Waals surface area contributed by atoms with Crippen LogP contribution in [0.4, 0.5) is 0 Å². The van der Waals surface area contributed by atoms with Gasteiger partial charge in [-0.15, -0.1) is 0 Å². The molecule has 0 saturated heterocycles. The Kier molecular flexibility index (Phi) is 6.33. The Morgan fingerprint density at radius 1 is 1.21 bits per heavy atom. The molecule has 1 aromatic rings. The van der Waals surface area contributed by atoms with Gasteiger partial charge in [-0.1, -0.05) is 33.6 Å². The first-order valence-electron chi connectivity index (χ1n) is 7.17. The third kappa shape index (κ3) is 4.23. The molecular formula is C15H24N2O2. The van der Waals surface area contributed by atoms with Crippen LogP contribution in [-0.4, -0.2) is 17.4 Å². The molecule has 0 saturated carbocycles. The van der Waals surface area contributed by atoms with Crippen LogP contribution >= 0.6 is 0 Å². The van der Waals surface area contributed by atoms with Crippen molar-refractivity contribution in [2.75, 3.05) is 6.54 Å². The first kappa shape index (κ1) is 15.5. The van der Waals surface area contributed by atoms with E-state index in [0.29, 0.717) is 6.54 Å². The van der Waals surface area contributed by atoms with Gasteiger partial charge in [-0.2, -0.15) is 0 Å². The van der Waals surface area contributed by atoms with E-state index >= 15 is 0 Å². The molecule has 19 heavy (non-hydrogen) atoms. The van der Waals surface area contributed by atoms with Crippen LogP contribution in [0.15, 0.2) is 10.9 Å². The molecular weight excluding hydrogens is 240 g/mol. The fraction of sp³-hybridized carbons (Fsp3) is 0.600. The van der Waals surface area contributed by atoms with Crippen LogP contribution in [0.3, 0.4) is 0 Å². The van der Waals surface area contributed by atoms with Gasteiger partial charge in [0.1, 0.15) is 5.56 Å². The number of aromatic amines is 1. The first-order valence-corrected chi connectivity index (χ1v) is 7.17. The lowest BCUT2D eigenvalue weighted by molar-refractivity contribution is 0.0951. The fourth-order valence-electron chi connectivity index (χ4n) is 2.08. The third-order valence-corrected chi connectivity index (χ3v) is 3.26. The van der Waals surface area contributed by atoms with Crippen molar-refractivity contribution < 1.29 is 4.79 Å². The lowest BCUT2D eigenvalue weighted by atomic mass is 10.1. The summed E-state index contributed by atoms with van der Waals surface area (Å²) in [4.78, 5) is 26.7. The summed E-state index contributed by atoms with van der Waals surface area (Å²) in [7, 11) is 0. The van der Waals surface area contributed by atoms with Crippen LogP contribution in [0.5, 0.6) is 0 Å². The lowest BCUT2D eigenvalue weighted by Crippen LogP contribution is -2.31. The van der Waals surface area contributed by atoms with Crippen molar-refractivity contribution >= 4 is 5.91 Å². The van der Waals surface area contributed by atoms with E-state index in [1.807, 2.05) is 13.8 Å². The van der Waals surface area contributed by atoms with Gasteiger partial charge in [0.15, 0.2) is 0 Å². The van der Waals surface area contributed by atoms with E-state index in [1.54, 1.807) is 6.07 Å². The van der Waals surface area contributed by atoms with E-state index in [0.717, 1.165) is 43.4 Å². The maximum atomic E-state index is 12.0. The molecule has 0 aliphatic carbocycles. The minimum absolute atomic E-state index is 0.227. The number of aromatic nitrogens is 1. The quantitative estimate of drug-likeness (QED) is 0.743. The summed E-state index contributed by atoms with van der Waals surface area (Å²) in [5.74, 6) is -0.269. The summed E-state index contributed by atoms with van der Waals surface area (Å²) in [5.41, 5.74) is 1.91. The Bertz CT molecular complexity index is 478. The lowest BCUT2D eigenvalue weighted by Gasteiger charge is -2.09. The molecule has 1 amide bonds. The zero-order valence-electron chi connectivity index (χ0n) is 12.1. The van der Waals surface area contributed by atoms with Gasteiger partial charge in [-0.3, -0.25) is 9.59 Å². The molecule has 0 unspecified atom stereocenters. The van der Waals surface area contributed by atoms with Crippen LogP contribution in [0.1, 0.15) is 61.6 Å². The summed E-state index contributed by atoms with van der Waals surface area (Å²) in [6, 6.07) is 1.73. The van der Waals surface area contributed by atoms with Crippen molar-refractivity contribution in [1.82, 2.24) is 10.3 Å². The zero-order chi connectivity index (χ0) is 14.3. The summed E-state index contributed by atoms with van der Waals surface area (Å²) in [6.07, 6.45) is 4.74. The Balaban J connectivity index is 2.82. The van der Waals surface area contributed by atoms with Crippen LogP contribution in [-0.2, 0) is 12.8 Å². The molecule has 0 aliphatic rings. The highest BCUT2D eigenvalue weighted by Crippen LogP contribution is 2.07. The van der Waals surface area contributed by atoms with Gasteiger partial charge in [0.2, 0.25) is 0 Å². The van der Waals surface area contributed by atoms with Crippen molar-refractivity contribution in [3.05, 3.63) is 33.2 Å². The predicted molar refractivity (Wildman–Crippen MR) is 77.7 cm³/mol. The summed E-state index contributed by atoms with van der Waals surface area (Å²) in [5, 5.41) is 2.80. The highest BCUT2D eigenvalue weighted by Gasteiger charge is 2.12. The molecule has 2 N–H and O–H groups in total. The van der Waals surface area contributed by atoms with E-state index in [9.17, 15) is 9.59 Å². The van der Waals surface area contributed by atoms with Gasteiger partial charge >= 0.3 is 0 Å². The number of carbonyl (C=O) groups excluding carboxylic acids is 1. The van der Waals surface area contributed by atoms with Crippen molar-refractivity contribution in [2.45, 2.75) is 52.9 Å². The highest BCUT2D eigenvalue weighted by atomic mass is 16.2. The number of pyridine rings is 1. The molecule has 4 nitrogen and oxygen atoms in total. The van der Waals surface area contributed by atoms with Gasteiger partial charge < -0.3 is 10.3 Å². The van der Waals surface area contributed by atoms with Crippen LogP contribution in [0, 0.1) is 0 Å². The number of amides is 1. The SMILES string of the molecule is CCCCCNC(=O)c1cc(CC)c(CC)[nH]c1=O. The first-order chi connectivity index (χ1) is 9.13. The van der Waals surface area contributed by atoms with Crippen LogP contribution in [0.25, 0.3) is 0 Å². The molecule has 1 rings (SSSR count). The number of hydrogen-bond acceptors (Lipinski definition) is 2. The zero-order valence-corrected chi connectivity index (χ0v) is 12.1. The molecule has 0 atom stereocenters. The van der Waals surface area contributed by atoms with Gasteiger partial charge in [-0.05, 0) is 30.9 Å². The monoisotopic (exact) mass is 264 g/mol. The van der Waals surface area contributed by atoms with Crippen LogP contribution < -0.4 is 10.9 Å². The number of nitrogens with one attached hydrogen (secondary N) is 2. The second-order valence-electron chi connectivity index (χ2n) is 4.69. The molecule has 0 spiro atoms. The maximum Gasteiger partial charge on any atom is 0.261 e. The maximum absolute atomic E-state index is 12.0. The molecule has 1 heterocycles. The summed E-state index contributed by atoms with van der Waals surface area (Å²) < 4.78 is 0.